The van der Waals surface area contributed by atoms with E-state index in [1.54, 1.807) is 14.2 Å². The molecular weight excluding hydrogens is 386 g/mol. The first-order valence-electron chi connectivity index (χ1n) is 10.8. The van der Waals surface area contributed by atoms with Gasteiger partial charge in [0.1, 0.15) is 17.8 Å². The molecule has 4 heteroatoms. The molecule has 2 unspecified atom stereocenters. The third-order valence-electron chi connectivity index (χ3n) is 6.16. The molecule has 160 valence electrons. The summed E-state index contributed by atoms with van der Waals surface area (Å²) in [5, 5.41) is 0. The van der Waals surface area contributed by atoms with Crippen molar-refractivity contribution >= 4 is 6.29 Å². The third kappa shape index (κ3) is 4.49. The molecule has 3 aromatic rings. The zero-order valence-electron chi connectivity index (χ0n) is 18.2. The van der Waals surface area contributed by atoms with Crippen molar-refractivity contribution in [2.45, 2.75) is 37.9 Å². The predicted molar refractivity (Wildman–Crippen MR) is 123 cm³/mol. The van der Waals surface area contributed by atoms with E-state index < -0.39 is 0 Å². The van der Waals surface area contributed by atoms with Gasteiger partial charge in [-0.05, 0) is 54.2 Å². The Kier molecular flexibility index (Phi) is 6.68. The molecular formula is C27H29NO3. The summed E-state index contributed by atoms with van der Waals surface area (Å²) in [6.45, 7) is 0.690. The van der Waals surface area contributed by atoms with Crippen LogP contribution >= 0.6 is 0 Å². The van der Waals surface area contributed by atoms with E-state index in [0.29, 0.717) is 6.54 Å². The van der Waals surface area contributed by atoms with Crippen molar-refractivity contribution in [3.05, 3.63) is 83.9 Å². The van der Waals surface area contributed by atoms with Crippen molar-refractivity contribution in [1.82, 2.24) is 4.90 Å². The second kappa shape index (κ2) is 9.80. The Balaban J connectivity index is 1.71. The lowest BCUT2D eigenvalue weighted by Crippen LogP contribution is -2.42. The van der Waals surface area contributed by atoms with Crippen LogP contribution in [0.5, 0.6) is 11.5 Å². The van der Waals surface area contributed by atoms with Gasteiger partial charge >= 0.3 is 0 Å². The number of hydrogen-bond donors (Lipinski definition) is 0. The first-order valence-corrected chi connectivity index (χ1v) is 10.8. The van der Waals surface area contributed by atoms with Crippen molar-refractivity contribution < 1.29 is 14.3 Å². The van der Waals surface area contributed by atoms with E-state index in [0.717, 1.165) is 42.6 Å². The molecule has 1 aliphatic heterocycles. The number of nitrogens with zero attached hydrogens (tertiary/aromatic N) is 1. The van der Waals surface area contributed by atoms with Crippen LogP contribution < -0.4 is 9.47 Å². The first-order chi connectivity index (χ1) is 15.2. The Hall–Kier alpha value is -3.11. The highest BCUT2D eigenvalue weighted by molar-refractivity contribution is 5.64. The number of carbonyl (C=O) groups excluding carboxylic acids is 1. The zero-order valence-corrected chi connectivity index (χ0v) is 18.2. The Labute approximate surface area is 184 Å². The zero-order chi connectivity index (χ0) is 21.6. The maximum absolute atomic E-state index is 12.0. The van der Waals surface area contributed by atoms with Gasteiger partial charge in [-0.1, -0.05) is 54.6 Å². The van der Waals surface area contributed by atoms with E-state index in [-0.39, 0.29) is 12.1 Å². The smallest absolute Gasteiger partial charge is 0.137 e. The molecule has 31 heavy (non-hydrogen) atoms. The molecule has 0 radical (unpaired) electrons. The van der Waals surface area contributed by atoms with Crippen molar-refractivity contribution in [2.75, 3.05) is 14.2 Å². The second-order valence-corrected chi connectivity index (χ2v) is 7.97. The summed E-state index contributed by atoms with van der Waals surface area (Å²) in [6.07, 6.45) is 3.92. The minimum absolute atomic E-state index is 0.0513. The SMILES string of the molecule is COc1cccc(OC)c1C1CCCC(C=O)N1Cc1cccc(-c2ccccc2)c1. The summed E-state index contributed by atoms with van der Waals surface area (Å²) in [5.74, 6) is 1.61. The van der Waals surface area contributed by atoms with Gasteiger partial charge in [0.25, 0.3) is 0 Å². The topological polar surface area (TPSA) is 38.8 Å². The molecule has 0 aromatic heterocycles. The van der Waals surface area contributed by atoms with Crippen LogP contribution in [0.1, 0.15) is 36.4 Å². The minimum Gasteiger partial charge on any atom is -0.496 e. The molecule has 0 N–H and O–H groups in total. The Morgan fingerprint density at radius 1 is 0.871 bits per heavy atom. The standard InChI is InChI=1S/C27H29NO3/c1-30-25-15-8-16-26(31-2)27(25)24-14-7-13-23(19-29)28(24)18-20-9-6-12-22(17-20)21-10-4-3-5-11-21/h3-6,8-12,15-17,19,23-24H,7,13-14,18H2,1-2H3. The van der Waals surface area contributed by atoms with E-state index in [1.165, 1.54) is 16.7 Å². The Morgan fingerprint density at radius 3 is 2.23 bits per heavy atom. The Morgan fingerprint density at radius 2 is 1.55 bits per heavy atom. The molecule has 4 rings (SSSR count). The fraction of sp³-hybridized carbons (Fsp3) is 0.296. The second-order valence-electron chi connectivity index (χ2n) is 7.97. The van der Waals surface area contributed by atoms with Crippen LogP contribution in [0.15, 0.2) is 72.8 Å². The molecule has 2 atom stereocenters. The number of methoxy groups -OCH3 is 2. The average molecular weight is 416 g/mol. The summed E-state index contributed by atoms with van der Waals surface area (Å²) >= 11 is 0. The van der Waals surface area contributed by atoms with Crippen molar-refractivity contribution in [3.63, 3.8) is 0 Å². The molecule has 1 aliphatic rings. The van der Waals surface area contributed by atoms with E-state index in [4.69, 9.17) is 9.47 Å². The maximum atomic E-state index is 12.0. The van der Waals surface area contributed by atoms with Crippen LogP contribution in [-0.2, 0) is 11.3 Å². The number of aldehydes is 1. The van der Waals surface area contributed by atoms with Crippen LogP contribution in [0.3, 0.4) is 0 Å². The van der Waals surface area contributed by atoms with E-state index in [9.17, 15) is 4.79 Å². The number of piperidine rings is 1. The largest absolute Gasteiger partial charge is 0.496 e. The summed E-state index contributed by atoms with van der Waals surface area (Å²) in [5.41, 5.74) is 4.59. The predicted octanol–water partition coefficient (Wildman–Crippen LogP) is 5.67. The lowest BCUT2D eigenvalue weighted by Gasteiger charge is -2.41. The molecule has 1 heterocycles. The summed E-state index contributed by atoms with van der Waals surface area (Å²) in [4.78, 5) is 14.3. The van der Waals surface area contributed by atoms with Crippen molar-refractivity contribution in [3.8, 4) is 22.6 Å². The normalized spacial score (nSPS) is 19.0. The highest BCUT2D eigenvalue weighted by Crippen LogP contribution is 2.43. The van der Waals surface area contributed by atoms with Crippen LogP contribution in [0.2, 0.25) is 0 Å². The van der Waals surface area contributed by atoms with E-state index in [2.05, 4.69) is 53.4 Å². The molecule has 0 bridgehead atoms. The lowest BCUT2D eigenvalue weighted by atomic mass is 9.89. The maximum Gasteiger partial charge on any atom is 0.137 e. The average Bonchev–Trinajstić information content (AvgIpc) is 2.84. The van der Waals surface area contributed by atoms with Crippen molar-refractivity contribution in [2.24, 2.45) is 0 Å². The van der Waals surface area contributed by atoms with Gasteiger partial charge in [-0.15, -0.1) is 0 Å². The molecule has 1 saturated heterocycles. The van der Waals surface area contributed by atoms with Gasteiger partial charge in [0, 0.05) is 12.6 Å². The monoisotopic (exact) mass is 415 g/mol. The van der Waals surface area contributed by atoms with Gasteiger partial charge in [0.2, 0.25) is 0 Å². The minimum atomic E-state index is -0.131. The van der Waals surface area contributed by atoms with Gasteiger partial charge in [0.15, 0.2) is 0 Å². The third-order valence-corrected chi connectivity index (χ3v) is 6.16. The molecule has 0 aliphatic carbocycles. The van der Waals surface area contributed by atoms with Crippen LogP contribution in [0.25, 0.3) is 11.1 Å². The molecule has 0 spiro atoms. The van der Waals surface area contributed by atoms with Gasteiger partial charge < -0.3 is 14.3 Å². The fourth-order valence-corrected chi connectivity index (χ4v) is 4.67. The Bertz CT molecular complexity index is 996. The molecule has 0 saturated carbocycles. The molecule has 0 amide bonds. The quantitative estimate of drug-likeness (QED) is 0.466. The first kappa shape index (κ1) is 21.1. The number of rotatable bonds is 7. The van der Waals surface area contributed by atoms with Crippen LogP contribution in [0.4, 0.5) is 0 Å². The van der Waals surface area contributed by atoms with Crippen LogP contribution in [0, 0.1) is 0 Å². The molecule has 1 fully saturated rings. The van der Waals surface area contributed by atoms with Gasteiger partial charge in [-0.3, -0.25) is 4.90 Å². The van der Waals surface area contributed by atoms with Gasteiger partial charge in [-0.2, -0.15) is 0 Å². The van der Waals surface area contributed by atoms with Gasteiger partial charge in [0.05, 0.1) is 25.8 Å². The fourth-order valence-electron chi connectivity index (χ4n) is 4.67. The summed E-state index contributed by atoms with van der Waals surface area (Å²) in [6, 6.07) is 24.8. The summed E-state index contributed by atoms with van der Waals surface area (Å²) in [7, 11) is 3.37. The highest BCUT2D eigenvalue weighted by Gasteiger charge is 2.34. The van der Waals surface area contributed by atoms with E-state index in [1.807, 2.05) is 24.3 Å². The number of likely N-dealkylation sites (tertiary alicyclic amines) is 1. The lowest BCUT2D eigenvalue weighted by molar-refractivity contribution is -0.115. The van der Waals surface area contributed by atoms with E-state index >= 15 is 0 Å². The summed E-state index contributed by atoms with van der Waals surface area (Å²) < 4.78 is 11.4. The highest BCUT2D eigenvalue weighted by atomic mass is 16.5. The number of carbonyl (C=O) groups is 1. The van der Waals surface area contributed by atoms with Crippen molar-refractivity contribution in [1.29, 1.82) is 0 Å². The number of hydrogen-bond acceptors (Lipinski definition) is 4. The molecule has 4 nitrogen and oxygen atoms in total. The van der Waals surface area contributed by atoms with Gasteiger partial charge in [-0.25, -0.2) is 0 Å². The number of benzene rings is 3. The number of ether oxygens (including phenoxy) is 2. The van der Waals surface area contributed by atoms with Crippen LogP contribution in [-0.4, -0.2) is 31.4 Å². The molecule has 3 aromatic carbocycles.